The third-order valence-electron chi connectivity index (χ3n) is 4.37. The van der Waals surface area contributed by atoms with Crippen molar-refractivity contribution in [3.8, 4) is 0 Å². The Hall–Kier alpha value is -1.06. The number of hydrogen-bond acceptors (Lipinski definition) is 3. The van der Waals surface area contributed by atoms with E-state index in [-0.39, 0.29) is 12.6 Å². The van der Waals surface area contributed by atoms with Crippen molar-refractivity contribution in [3.63, 3.8) is 0 Å². The van der Waals surface area contributed by atoms with E-state index in [0.717, 1.165) is 32.5 Å². The van der Waals surface area contributed by atoms with Gasteiger partial charge in [0.1, 0.15) is 0 Å². The van der Waals surface area contributed by atoms with Gasteiger partial charge in [0.05, 0.1) is 12.6 Å². The third kappa shape index (κ3) is 4.45. The summed E-state index contributed by atoms with van der Waals surface area (Å²) in [6, 6.07) is 7.00. The van der Waals surface area contributed by atoms with Gasteiger partial charge in [0, 0.05) is 18.8 Å². The molecule has 1 unspecified atom stereocenters. The van der Waals surface area contributed by atoms with Crippen LogP contribution < -0.4 is 10.2 Å². The Labute approximate surface area is 129 Å². The number of anilines is 1. The first kappa shape index (κ1) is 16.3. The van der Waals surface area contributed by atoms with Gasteiger partial charge in [-0.1, -0.05) is 37.5 Å². The molecule has 0 aromatic heterocycles. The molecule has 21 heavy (non-hydrogen) atoms. The summed E-state index contributed by atoms with van der Waals surface area (Å²) in [7, 11) is 0. The van der Waals surface area contributed by atoms with Crippen molar-refractivity contribution in [3.05, 3.63) is 29.3 Å². The Morgan fingerprint density at radius 2 is 2.14 bits per heavy atom. The number of benzene rings is 1. The summed E-state index contributed by atoms with van der Waals surface area (Å²) in [6.45, 7) is 7.64. The van der Waals surface area contributed by atoms with Crippen LogP contribution in [-0.4, -0.2) is 30.8 Å². The van der Waals surface area contributed by atoms with E-state index in [4.69, 9.17) is 0 Å². The largest absolute Gasteiger partial charge is 0.394 e. The van der Waals surface area contributed by atoms with E-state index in [9.17, 15) is 5.11 Å². The summed E-state index contributed by atoms with van der Waals surface area (Å²) in [4.78, 5) is 2.44. The van der Waals surface area contributed by atoms with Crippen molar-refractivity contribution in [1.29, 1.82) is 0 Å². The minimum absolute atomic E-state index is 0.260. The molecular weight excluding hydrogens is 260 g/mol. The second-order valence-corrected chi connectivity index (χ2v) is 6.19. The molecule has 0 aliphatic carbocycles. The van der Waals surface area contributed by atoms with Gasteiger partial charge < -0.3 is 15.3 Å². The molecule has 118 valence electrons. The smallest absolute Gasteiger partial charge is 0.0635 e. The van der Waals surface area contributed by atoms with E-state index < -0.39 is 0 Å². The number of nitrogens with zero attached hydrogens (tertiary/aromatic N) is 1. The Kier molecular flexibility index (Phi) is 6.52. The van der Waals surface area contributed by atoms with Gasteiger partial charge in [-0.25, -0.2) is 0 Å². The second kappa shape index (κ2) is 8.40. The minimum atomic E-state index is 0.260. The average molecular weight is 290 g/mol. The molecule has 1 fully saturated rings. The predicted molar refractivity (Wildman–Crippen MR) is 89.9 cm³/mol. The molecule has 1 aromatic carbocycles. The Bertz CT molecular complexity index is 433. The highest BCUT2D eigenvalue weighted by atomic mass is 16.3. The monoisotopic (exact) mass is 290 g/mol. The van der Waals surface area contributed by atoms with Crippen LogP contribution in [0.5, 0.6) is 0 Å². The fourth-order valence-corrected chi connectivity index (χ4v) is 3.22. The number of hydrogen-bond donors (Lipinski definition) is 2. The molecule has 0 saturated carbocycles. The Morgan fingerprint density at radius 1 is 1.29 bits per heavy atom. The molecule has 1 aliphatic heterocycles. The highest BCUT2D eigenvalue weighted by Gasteiger charge is 2.22. The summed E-state index contributed by atoms with van der Waals surface area (Å²) < 4.78 is 0. The lowest BCUT2D eigenvalue weighted by Gasteiger charge is -2.33. The van der Waals surface area contributed by atoms with Gasteiger partial charge in [-0.2, -0.15) is 0 Å². The molecule has 3 nitrogen and oxygen atoms in total. The first-order valence-electron chi connectivity index (χ1n) is 8.44. The molecule has 1 heterocycles. The molecule has 1 saturated heterocycles. The fraction of sp³-hybridized carbons (Fsp3) is 0.667. The van der Waals surface area contributed by atoms with Gasteiger partial charge in [0.25, 0.3) is 0 Å². The molecule has 1 aliphatic rings. The third-order valence-corrected chi connectivity index (χ3v) is 4.37. The molecule has 1 aromatic rings. The zero-order valence-corrected chi connectivity index (χ0v) is 13.6. The van der Waals surface area contributed by atoms with E-state index in [1.807, 2.05) is 0 Å². The molecule has 2 rings (SSSR count). The van der Waals surface area contributed by atoms with Crippen LogP contribution >= 0.6 is 0 Å². The van der Waals surface area contributed by atoms with Crippen molar-refractivity contribution < 1.29 is 5.11 Å². The quantitative estimate of drug-likeness (QED) is 0.790. The number of nitrogens with one attached hydrogen (secondary N) is 1. The lowest BCUT2D eigenvalue weighted by Crippen LogP contribution is -2.38. The fourth-order valence-electron chi connectivity index (χ4n) is 3.22. The van der Waals surface area contributed by atoms with Gasteiger partial charge in [-0.15, -0.1) is 0 Å². The van der Waals surface area contributed by atoms with Gasteiger partial charge in [0.15, 0.2) is 0 Å². The van der Waals surface area contributed by atoms with Crippen molar-refractivity contribution in [2.24, 2.45) is 0 Å². The van der Waals surface area contributed by atoms with Crippen LogP contribution in [0.15, 0.2) is 18.2 Å². The maximum atomic E-state index is 9.75. The van der Waals surface area contributed by atoms with Crippen LogP contribution in [-0.2, 0) is 6.54 Å². The highest BCUT2D eigenvalue weighted by molar-refractivity contribution is 5.56. The lowest BCUT2D eigenvalue weighted by molar-refractivity contribution is 0.255. The summed E-state index contributed by atoms with van der Waals surface area (Å²) in [5.41, 5.74) is 3.98. The number of aryl methyl sites for hydroxylation is 1. The van der Waals surface area contributed by atoms with Crippen molar-refractivity contribution >= 4 is 5.69 Å². The molecule has 0 radical (unpaired) electrons. The summed E-state index contributed by atoms with van der Waals surface area (Å²) in [5, 5.41) is 13.3. The van der Waals surface area contributed by atoms with Crippen LogP contribution in [0.1, 0.15) is 50.2 Å². The molecule has 2 N–H and O–H groups in total. The van der Waals surface area contributed by atoms with E-state index in [0.29, 0.717) is 0 Å². The van der Waals surface area contributed by atoms with Crippen LogP contribution in [0.25, 0.3) is 0 Å². The maximum Gasteiger partial charge on any atom is 0.0635 e. The molecule has 1 atom stereocenters. The van der Waals surface area contributed by atoms with Gasteiger partial charge in [-0.3, -0.25) is 0 Å². The summed E-state index contributed by atoms with van der Waals surface area (Å²) >= 11 is 0. The van der Waals surface area contributed by atoms with E-state index >= 15 is 0 Å². The van der Waals surface area contributed by atoms with Crippen LogP contribution in [0, 0.1) is 6.92 Å². The number of rotatable bonds is 6. The van der Waals surface area contributed by atoms with E-state index in [2.05, 4.69) is 42.3 Å². The standard InChI is InChI=1S/C18H30N2O/c1-3-10-19-13-16-12-15(2)8-9-18(16)20-11-6-4-5-7-17(20)14-21/h8-9,12,17,19,21H,3-7,10-11,13-14H2,1-2H3. The minimum Gasteiger partial charge on any atom is -0.394 e. The number of aliphatic hydroxyl groups is 1. The first-order valence-corrected chi connectivity index (χ1v) is 8.44. The van der Waals surface area contributed by atoms with Crippen LogP contribution in [0.4, 0.5) is 5.69 Å². The average Bonchev–Trinajstić information content (AvgIpc) is 2.73. The molecule has 0 amide bonds. The van der Waals surface area contributed by atoms with Gasteiger partial charge >= 0.3 is 0 Å². The van der Waals surface area contributed by atoms with E-state index in [1.165, 1.54) is 36.1 Å². The van der Waals surface area contributed by atoms with Crippen molar-refractivity contribution in [2.75, 3.05) is 24.6 Å². The normalized spacial score (nSPS) is 19.6. The zero-order chi connectivity index (χ0) is 15.1. The van der Waals surface area contributed by atoms with Crippen molar-refractivity contribution in [2.45, 2.75) is 58.5 Å². The first-order chi connectivity index (χ1) is 10.3. The molecule has 0 bridgehead atoms. The summed E-state index contributed by atoms with van der Waals surface area (Å²) in [6.07, 6.45) is 6.00. The predicted octanol–water partition coefficient (Wildman–Crippen LogP) is 3.24. The maximum absolute atomic E-state index is 9.75. The second-order valence-electron chi connectivity index (χ2n) is 6.19. The van der Waals surface area contributed by atoms with Gasteiger partial charge in [-0.05, 0) is 44.4 Å². The van der Waals surface area contributed by atoms with Crippen LogP contribution in [0.2, 0.25) is 0 Å². The topological polar surface area (TPSA) is 35.5 Å². The number of aliphatic hydroxyl groups excluding tert-OH is 1. The highest BCUT2D eigenvalue weighted by Crippen LogP contribution is 2.28. The summed E-state index contributed by atoms with van der Waals surface area (Å²) in [5.74, 6) is 0. The van der Waals surface area contributed by atoms with Crippen LogP contribution in [0.3, 0.4) is 0 Å². The molecular formula is C18H30N2O. The zero-order valence-electron chi connectivity index (χ0n) is 13.6. The van der Waals surface area contributed by atoms with Crippen molar-refractivity contribution in [1.82, 2.24) is 5.32 Å². The SMILES string of the molecule is CCCNCc1cc(C)ccc1N1CCCCCC1CO. The lowest BCUT2D eigenvalue weighted by atomic mass is 10.1. The molecule has 3 heteroatoms. The Morgan fingerprint density at radius 3 is 2.90 bits per heavy atom. The van der Waals surface area contributed by atoms with E-state index in [1.54, 1.807) is 0 Å². The Balaban J connectivity index is 2.22. The van der Waals surface area contributed by atoms with Gasteiger partial charge in [0.2, 0.25) is 0 Å². The molecule has 0 spiro atoms.